The molecule has 0 bridgehead atoms. The van der Waals surface area contributed by atoms with E-state index in [4.69, 9.17) is 0 Å². The lowest BCUT2D eigenvalue weighted by Gasteiger charge is -2.35. The van der Waals surface area contributed by atoms with Crippen LogP contribution in [-0.4, -0.2) is 25.7 Å². The Bertz CT molecular complexity index is 617. The lowest BCUT2D eigenvalue weighted by Crippen LogP contribution is -2.45. The molecular weight excluding hydrogens is 354 g/mol. The lowest BCUT2D eigenvalue weighted by atomic mass is 9.79. The average molecular weight is 376 g/mol. The van der Waals surface area contributed by atoms with Gasteiger partial charge in [-0.3, -0.25) is 0 Å². The number of benzene rings is 1. The molecule has 21 heavy (non-hydrogen) atoms. The Morgan fingerprint density at radius 2 is 2.19 bits per heavy atom. The van der Waals surface area contributed by atoms with Crippen molar-refractivity contribution in [3.63, 3.8) is 0 Å². The third-order valence-electron chi connectivity index (χ3n) is 4.04. The number of hydrogen-bond acceptors (Lipinski definition) is 3. The summed E-state index contributed by atoms with van der Waals surface area (Å²) < 4.78 is 27.9. The number of rotatable bonds is 4. The Balaban J connectivity index is 2.11. The van der Waals surface area contributed by atoms with E-state index in [9.17, 15) is 13.5 Å². The number of halogens is 1. The van der Waals surface area contributed by atoms with E-state index >= 15 is 0 Å². The minimum atomic E-state index is -3.62. The molecule has 1 aliphatic carbocycles. The van der Waals surface area contributed by atoms with Gasteiger partial charge in [0.05, 0.1) is 10.5 Å². The molecule has 0 radical (unpaired) electrons. The molecule has 2 N–H and O–H groups in total. The van der Waals surface area contributed by atoms with Crippen molar-refractivity contribution in [1.29, 1.82) is 0 Å². The molecule has 2 unspecified atom stereocenters. The molecule has 6 heteroatoms. The van der Waals surface area contributed by atoms with E-state index in [0.29, 0.717) is 23.2 Å². The molecule has 0 aromatic heterocycles. The van der Waals surface area contributed by atoms with Crippen molar-refractivity contribution >= 4 is 26.0 Å². The van der Waals surface area contributed by atoms with Gasteiger partial charge in [0.1, 0.15) is 0 Å². The van der Waals surface area contributed by atoms with E-state index < -0.39 is 15.6 Å². The molecule has 1 aromatic rings. The van der Waals surface area contributed by atoms with Crippen LogP contribution >= 0.6 is 15.9 Å². The average Bonchev–Trinajstić information content (AvgIpc) is 2.36. The van der Waals surface area contributed by atoms with Gasteiger partial charge in [0, 0.05) is 11.0 Å². The minimum absolute atomic E-state index is 0.0694. The van der Waals surface area contributed by atoms with Gasteiger partial charge in [-0.25, -0.2) is 13.1 Å². The summed E-state index contributed by atoms with van der Waals surface area (Å²) in [5.74, 6) is 0.430. The van der Waals surface area contributed by atoms with Crippen LogP contribution in [0.1, 0.15) is 38.2 Å². The molecule has 0 aliphatic heterocycles. The van der Waals surface area contributed by atoms with Crippen molar-refractivity contribution < 1.29 is 13.5 Å². The largest absolute Gasteiger partial charge is 0.389 e. The second kappa shape index (κ2) is 6.36. The van der Waals surface area contributed by atoms with Gasteiger partial charge in [-0.15, -0.1) is 0 Å². The fraction of sp³-hybridized carbons (Fsp3) is 0.600. The third kappa shape index (κ3) is 4.28. The fourth-order valence-corrected chi connectivity index (χ4v) is 5.23. The van der Waals surface area contributed by atoms with Crippen LogP contribution in [0.4, 0.5) is 0 Å². The Kier molecular flexibility index (Phi) is 5.13. The Morgan fingerprint density at radius 3 is 2.81 bits per heavy atom. The van der Waals surface area contributed by atoms with E-state index in [1.165, 1.54) is 0 Å². The molecule has 1 aliphatic rings. The van der Waals surface area contributed by atoms with Crippen LogP contribution in [0.2, 0.25) is 0 Å². The first-order valence-electron chi connectivity index (χ1n) is 7.20. The minimum Gasteiger partial charge on any atom is -0.389 e. The van der Waals surface area contributed by atoms with E-state index in [-0.39, 0.29) is 11.4 Å². The maximum atomic E-state index is 12.4. The molecular formula is C15H22BrNO3S. The van der Waals surface area contributed by atoms with E-state index in [1.54, 1.807) is 18.2 Å². The predicted molar refractivity (Wildman–Crippen MR) is 86.6 cm³/mol. The molecule has 2 atom stereocenters. The van der Waals surface area contributed by atoms with Gasteiger partial charge in [-0.1, -0.05) is 25.8 Å². The van der Waals surface area contributed by atoms with E-state index in [2.05, 4.69) is 27.6 Å². The Morgan fingerprint density at radius 1 is 1.48 bits per heavy atom. The first-order valence-corrected chi connectivity index (χ1v) is 9.48. The van der Waals surface area contributed by atoms with Gasteiger partial charge in [0.2, 0.25) is 10.0 Å². The standard InChI is InChI=1S/C15H22BrNO3S/c1-11-5-6-14(13(16)8-11)21(19,20)17-10-15(18)7-3-4-12(2)9-15/h5-6,8,12,17-18H,3-4,7,9-10H2,1-2H3. The quantitative estimate of drug-likeness (QED) is 0.849. The van der Waals surface area contributed by atoms with E-state index in [1.807, 2.05) is 6.92 Å². The number of sulfonamides is 1. The van der Waals surface area contributed by atoms with Gasteiger partial charge in [-0.2, -0.15) is 0 Å². The number of aryl methyl sites for hydroxylation is 1. The van der Waals surface area contributed by atoms with Crippen molar-refractivity contribution in [2.24, 2.45) is 5.92 Å². The van der Waals surface area contributed by atoms with Gasteiger partial charge in [0.25, 0.3) is 0 Å². The lowest BCUT2D eigenvalue weighted by molar-refractivity contribution is -0.00751. The highest BCUT2D eigenvalue weighted by Crippen LogP contribution is 2.32. The predicted octanol–water partition coefficient (Wildman–Crippen LogP) is 2.98. The second-order valence-corrected chi connectivity index (χ2v) is 8.77. The molecule has 0 heterocycles. The molecule has 1 saturated carbocycles. The second-order valence-electron chi connectivity index (χ2n) is 6.18. The Labute approximate surface area is 135 Å². The van der Waals surface area contributed by atoms with Crippen LogP contribution in [0.5, 0.6) is 0 Å². The topological polar surface area (TPSA) is 66.4 Å². The molecule has 1 fully saturated rings. The van der Waals surface area contributed by atoms with Crippen LogP contribution in [0.25, 0.3) is 0 Å². The summed E-state index contributed by atoms with van der Waals surface area (Å²) in [5, 5.41) is 10.5. The van der Waals surface area contributed by atoms with Crippen LogP contribution in [0, 0.1) is 12.8 Å². The smallest absolute Gasteiger partial charge is 0.241 e. The first kappa shape index (κ1) is 16.9. The van der Waals surface area contributed by atoms with Crippen molar-refractivity contribution in [2.75, 3.05) is 6.54 Å². The van der Waals surface area contributed by atoms with E-state index in [0.717, 1.165) is 18.4 Å². The van der Waals surface area contributed by atoms with Gasteiger partial charge >= 0.3 is 0 Å². The van der Waals surface area contributed by atoms with Crippen LogP contribution in [0.15, 0.2) is 27.6 Å². The molecule has 1 aromatic carbocycles. The normalized spacial score (nSPS) is 26.8. The molecule has 2 rings (SSSR count). The van der Waals surface area contributed by atoms with Crippen molar-refractivity contribution in [3.05, 3.63) is 28.2 Å². The van der Waals surface area contributed by atoms with Gasteiger partial charge < -0.3 is 5.11 Å². The van der Waals surface area contributed by atoms with Crippen molar-refractivity contribution in [3.8, 4) is 0 Å². The molecule has 0 amide bonds. The highest BCUT2D eigenvalue weighted by atomic mass is 79.9. The Hall–Kier alpha value is -0.430. The monoisotopic (exact) mass is 375 g/mol. The molecule has 4 nitrogen and oxygen atoms in total. The third-order valence-corrected chi connectivity index (χ3v) is 6.41. The summed E-state index contributed by atoms with van der Waals surface area (Å²) in [7, 11) is -3.62. The maximum absolute atomic E-state index is 12.4. The number of hydrogen-bond donors (Lipinski definition) is 2. The van der Waals surface area contributed by atoms with Gasteiger partial charge in [0.15, 0.2) is 0 Å². The summed E-state index contributed by atoms with van der Waals surface area (Å²) >= 11 is 3.29. The summed E-state index contributed by atoms with van der Waals surface area (Å²) in [6, 6.07) is 5.11. The van der Waals surface area contributed by atoms with Crippen molar-refractivity contribution in [2.45, 2.75) is 50.0 Å². The SMILES string of the molecule is Cc1ccc(S(=O)(=O)NCC2(O)CCCC(C)C2)c(Br)c1. The van der Waals surface area contributed by atoms with Gasteiger partial charge in [-0.05, 0) is 59.3 Å². The zero-order valence-corrected chi connectivity index (χ0v) is 14.8. The highest BCUT2D eigenvalue weighted by Gasteiger charge is 2.34. The van der Waals surface area contributed by atoms with Crippen LogP contribution < -0.4 is 4.72 Å². The van der Waals surface area contributed by atoms with Crippen molar-refractivity contribution in [1.82, 2.24) is 4.72 Å². The molecule has 0 spiro atoms. The molecule has 118 valence electrons. The summed E-state index contributed by atoms with van der Waals surface area (Å²) in [5.41, 5.74) is 0.0580. The zero-order chi connectivity index (χ0) is 15.7. The van der Waals surface area contributed by atoms with Crippen LogP contribution in [0.3, 0.4) is 0 Å². The number of aliphatic hydroxyl groups is 1. The number of nitrogens with one attached hydrogen (secondary N) is 1. The molecule has 0 saturated heterocycles. The summed E-state index contributed by atoms with van der Waals surface area (Å²) in [4.78, 5) is 0.209. The zero-order valence-electron chi connectivity index (χ0n) is 12.4. The first-order chi connectivity index (χ1) is 9.72. The highest BCUT2D eigenvalue weighted by molar-refractivity contribution is 9.10. The van der Waals surface area contributed by atoms with Crippen LogP contribution in [-0.2, 0) is 10.0 Å². The summed E-state index contributed by atoms with van der Waals surface area (Å²) in [6.07, 6.45) is 3.33. The fourth-order valence-electron chi connectivity index (χ4n) is 2.92. The maximum Gasteiger partial charge on any atom is 0.241 e. The summed E-state index contributed by atoms with van der Waals surface area (Å²) in [6.45, 7) is 4.07.